The molecule has 7 heteroatoms. The number of rotatable bonds is 3. The Labute approximate surface area is 139 Å². The minimum Gasteiger partial charge on any atom is -0.458 e. The second-order valence-electron chi connectivity index (χ2n) is 6.35. The smallest absolute Gasteiger partial charge is 0.329 e. The molecule has 1 atom stereocenters. The highest BCUT2D eigenvalue weighted by atomic mass is 32.1. The lowest BCUT2D eigenvalue weighted by Crippen LogP contribution is -2.43. The van der Waals surface area contributed by atoms with E-state index >= 15 is 0 Å². The van der Waals surface area contributed by atoms with E-state index in [1.807, 2.05) is 0 Å². The van der Waals surface area contributed by atoms with Crippen molar-refractivity contribution >= 4 is 35.2 Å². The van der Waals surface area contributed by atoms with E-state index in [-0.39, 0.29) is 10.7 Å². The van der Waals surface area contributed by atoms with Crippen LogP contribution in [0, 0.1) is 4.84 Å². The van der Waals surface area contributed by atoms with Gasteiger partial charge in [0, 0.05) is 12.6 Å². The highest BCUT2D eigenvalue weighted by Crippen LogP contribution is 2.18. The number of carbonyl (C=O) groups is 2. The normalized spacial score (nSPS) is 12.9. The van der Waals surface area contributed by atoms with Crippen molar-refractivity contribution in [3.8, 4) is 0 Å². The Morgan fingerprint density at radius 1 is 1.35 bits per heavy atom. The molecule has 124 valence electrons. The fourth-order valence-electron chi connectivity index (χ4n) is 2.00. The Balaban J connectivity index is 2.20. The molecule has 0 fully saturated rings. The molecule has 1 heterocycles. The average molecular weight is 336 g/mol. The van der Waals surface area contributed by atoms with Gasteiger partial charge in [-0.25, -0.2) is 4.79 Å². The summed E-state index contributed by atoms with van der Waals surface area (Å²) in [7, 11) is 1.56. The number of ether oxygens (including phenoxy) is 1. The van der Waals surface area contributed by atoms with Crippen molar-refractivity contribution in [2.75, 3.05) is 7.05 Å². The number of likely N-dealkylation sites (N-methyl/N-ethyl adjacent to an activating group) is 1. The van der Waals surface area contributed by atoms with E-state index in [2.05, 4.69) is 4.98 Å². The van der Waals surface area contributed by atoms with Gasteiger partial charge >= 0.3 is 5.97 Å². The summed E-state index contributed by atoms with van der Waals surface area (Å²) in [6, 6.07) is 4.27. The summed E-state index contributed by atoms with van der Waals surface area (Å²) in [6.45, 7) is 6.99. The van der Waals surface area contributed by atoms with Crippen LogP contribution in [0.2, 0.25) is 0 Å². The Bertz CT molecular complexity index is 800. The van der Waals surface area contributed by atoms with Crippen molar-refractivity contribution < 1.29 is 18.7 Å². The lowest BCUT2D eigenvalue weighted by molar-refractivity contribution is -0.159. The van der Waals surface area contributed by atoms with Crippen LogP contribution in [0.4, 0.5) is 0 Å². The number of nitrogens with zero attached hydrogens (tertiary/aromatic N) is 1. The van der Waals surface area contributed by atoms with Crippen LogP contribution in [-0.4, -0.2) is 40.5 Å². The molecule has 6 nitrogen and oxygen atoms in total. The topological polar surface area (TPSA) is 75.5 Å². The van der Waals surface area contributed by atoms with Crippen molar-refractivity contribution in [2.45, 2.75) is 39.3 Å². The van der Waals surface area contributed by atoms with Crippen molar-refractivity contribution in [3.05, 3.63) is 28.6 Å². The molecular formula is C16H20N2O4S. The van der Waals surface area contributed by atoms with Gasteiger partial charge < -0.3 is 19.0 Å². The third-order valence-electron chi connectivity index (χ3n) is 3.32. The molecule has 2 aromatic rings. The summed E-state index contributed by atoms with van der Waals surface area (Å²) in [6.07, 6.45) is 0. The Hall–Kier alpha value is -2.15. The summed E-state index contributed by atoms with van der Waals surface area (Å²) in [5, 5.41) is 0. The minimum absolute atomic E-state index is 0.250. The number of H-pyrrole nitrogens is 1. The molecule has 0 aliphatic rings. The van der Waals surface area contributed by atoms with Gasteiger partial charge in [-0.15, -0.1) is 0 Å². The summed E-state index contributed by atoms with van der Waals surface area (Å²) < 4.78 is 10.6. The number of hydrogen-bond acceptors (Lipinski definition) is 5. The third kappa shape index (κ3) is 3.98. The number of oxazole rings is 1. The van der Waals surface area contributed by atoms with Crippen LogP contribution in [-0.2, 0) is 9.53 Å². The predicted octanol–water partition coefficient (Wildman–Crippen LogP) is 3.29. The average Bonchev–Trinajstić information content (AvgIpc) is 2.82. The van der Waals surface area contributed by atoms with Gasteiger partial charge in [-0.3, -0.25) is 4.79 Å². The molecule has 0 aliphatic carbocycles. The van der Waals surface area contributed by atoms with E-state index in [1.54, 1.807) is 52.9 Å². The van der Waals surface area contributed by atoms with E-state index in [0.29, 0.717) is 11.1 Å². The van der Waals surface area contributed by atoms with Gasteiger partial charge in [0.2, 0.25) is 0 Å². The van der Waals surface area contributed by atoms with E-state index in [1.165, 1.54) is 4.90 Å². The van der Waals surface area contributed by atoms with E-state index in [9.17, 15) is 9.59 Å². The molecule has 1 aromatic heterocycles. The van der Waals surface area contributed by atoms with Gasteiger partial charge in [-0.05, 0) is 58.1 Å². The maximum atomic E-state index is 12.5. The van der Waals surface area contributed by atoms with Gasteiger partial charge in [0.15, 0.2) is 5.58 Å². The number of hydrogen-bond donors (Lipinski definition) is 1. The molecule has 23 heavy (non-hydrogen) atoms. The van der Waals surface area contributed by atoms with E-state index in [0.717, 1.165) is 5.52 Å². The van der Waals surface area contributed by atoms with Crippen LogP contribution >= 0.6 is 12.2 Å². The summed E-state index contributed by atoms with van der Waals surface area (Å²) in [5.74, 6) is -0.749. The maximum absolute atomic E-state index is 12.5. The van der Waals surface area contributed by atoms with Crippen LogP contribution in [0.5, 0.6) is 0 Å². The van der Waals surface area contributed by atoms with Crippen LogP contribution in [0.1, 0.15) is 38.1 Å². The van der Waals surface area contributed by atoms with Gasteiger partial charge in [0.1, 0.15) is 11.6 Å². The lowest BCUT2D eigenvalue weighted by Gasteiger charge is -2.27. The van der Waals surface area contributed by atoms with Crippen LogP contribution in [0.25, 0.3) is 11.1 Å². The quantitative estimate of drug-likeness (QED) is 0.687. The summed E-state index contributed by atoms with van der Waals surface area (Å²) >= 11 is 4.92. The first kappa shape index (κ1) is 17.2. The molecule has 0 bridgehead atoms. The maximum Gasteiger partial charge on any atom is 0.329 e. The number of nitrogens with one attached hydrogen (secondary N) is 1. The standard InChI is InChI=1S/C16H20N2O4S/c1-9(14(20)22-16(2,3)4)18(5)13(19)10-6-7-11-12(8-10)21-15(23)17-11/h6-9H,1-5H3,(H,17,23)/t9-/m0/s1. The zero-order valence-electron chi connectivity index (χ0n) is 13.8. The molecule has 0 saturated heterocycles. The highest BCUT2D eigenvalue weighted by Gasteiger charge is 2.28. The van der Waals surface area contributed by atoms with Crippen LogP contribution in [0.15, 0.2) is 22.6 Å². The molecule has 1 N–H and O–H groups in total. The zero-order chi connectivity index (χ0) is 17.4. The van der Waals surface area contributed by atoms with Crippen LogP contribution < -0.4 is 0 Å². The Morgan fingerprint density at radius 3 is 2.61 bits per heavy atom. The fourth-order valence-corrected chi connectivity index (χ4v) is 2.20. The number of aromatic amines is 1. The van der Waals surface area contributed by atoms with Crippen molar-refractivity contribution in [2.24, 2.45) is 0 Å². The number of amides is 1. The molecule has 0 unspecified atom stereocenters. The molecule has 0 spiro atoms. The third-order valence-corrected chi connectivity index (χ3v) is 3.50. The Morgan fingerprint density at radius 2 is 2.00 bits per heavy atom. The van der Waals surface area contributed by atoms with E-state index < -0.39 is 17.6 Å². The van der Waals surface area contributed by atoms with E-state index in [4.69, 9.17) is 21.4 Å². The van der Waals surface area contributed by atoms with Gasteiger partial charge in [-0.2, -0.15) is 0 Å². The lowest BCUT2D eigenvalue weighted by atomic mass is 10.1. The van der Waals surface area contributed by atoms with Gasteiger partial charge in [-0.1, -0.05) is 0 Å². The number of esters is 1. The first-order valence-corrected chi connectivity index (χ1v) is 7.62. The molecule has 2 rings (SSSR count). The number of fused-ring (bicyclic) bond motifs is 1. The number of benzene rings is 1. The minimum atomic E-state index is -0.699. The molecule has 1 amide bonds. The first-order chi connectivity index (χ1) is 10.6. The van der Waals surface area contributed by atoms with Gasteiger partial charge in [0.25, 0.3) is 10.7 Å². The molecule has 1 aromatic carbocycles. The van der Waals surface area contributed by atoms with Crippen molar-refractivity contribution in [3.63, 3.8) is 0 Å². The molecule has 0 aliphatic heterocycles. The molecule has 0 saturated carbocycles. The fraction of sp³-hybridized carbons (Fsp3) is 0.438. The van der Waals surface area contributed by atoms with Crippen LogP contribution in [0.3, 0.4) is 0 Å². The second kappa shape index (κ2) is 6.16. The number of aromatic nitrogens is 1. The molecular weight excluding hydrogens is 316 g/mol. The first-order valence-electron chi connectivity index (χ1n) is 7.21. The van der Waals surface area contributed by atoms with Crippen molar-refractivity contribution in [1.82, 2.24) is 9.88 Å². The summed E-state index contributed by atoms with van der Waals surface area (Å²) in [5.41, 5.74) is 1.03. The largest absolute Gasteiger partial charge is 0.458 e. The monoisotopic (exact) mass is 336 g/mol. The SMILES string of the molecule is C[C@@H](C(=O)OC(C)(C)C)N(C)C(=O)c1ccc2[nH]c(=S)oc2c1. The second-order valence-corrected chi connectivity index (χ2v) is 6.72. The van der Waals surface area contributed by atoms with Gasteiger partial charge in [0.05, 0.1) is 5.52 Å². The highest BCUT2D eigenvalue weighted by molar-refractivity contribution is 7.71. The van der Waals surface area contributed by atoms with Crippen molar-refractivity contribution in [1.29, 1.82) is 0 Å². The Kier molecular flexibility index (Phi) is 4.61. The number of carbonyl (C=O) groups excluding carboxylic acids is 2. The zero-order valence-corrected chi connectivity index (χ0v) is 14.6. The predicted molar refractivity (Wildman–Crippen MR) is 88.8 cm³/mol. The summed E-state index contributed by atoms with van der Waals surface area (Å²) in [4.78, 5) is 29.1. The molecule has 0 radical (unpaired) electrons.